The molecule has 154 valence electrons. The van der Waals surface area contributed by atoms with Crippen molar-refractivity contribution in [3.63, 3.8) is 0 Å². The molecule has 0 atom stereocenters. The summed E-state index contributed by atoms with van der Waals surface area (Å²) in [4.78, 5) is 14.4. The first kappa shape index (κ1) is 20.3. The number of nitrogens with one attached hydrogen (secondary N) is 1. The summed E-state index contributed by atoms with van der Waals surface area (Å²) in [5.74, 6) is 1.75. The quantitative estimate of drug-likeness (QED) is 0.378. The number of rotatable bonds is 9. The Kier molecular flexibility index (Phi) is 6.55. The lowest BCUT2D eigenvalue weighted by molar-refractivity contribution is 0.637. The van der Waals surface area contributed by atoms with E-state index in [1.165, 1.54) is 22.2 Å². The first-order chi connectivity index (χ1) is 14.7. The van der Waals surface area contributed by atoms with Crippen molar-refractivity contribution < 1.29 is 0 Å². The number of thiophene rings is 1. The Bertz CT molecular complexity index is 1090. The Hall–Kier alpha value is -2.98. The maximum absolute atomic E-state index is 5.92. The van der Waals surface area contributed by atoms with Gasteiger partial charge in [-0.2, -0.15) is 15.0 Å². The molecule has 8 nitrogen and oxygen atoms in total. The summed E-state index contributed by atoms with van der Waals surface area (Å²) in [6.45, 7) is 2.94. The van der Waals surface area contributed by atoms with E-state index in [0.717, 1.165) is 30.2 Å². The fraction of sp³-hybridized carbons (Fsp3) is 0.250. The first-order valence-electron chi connectivity index (χ1n) is 9.59. The molecule has 4 aromatic rings. The van der Waals surface area contributed by atoms with Crippen molar-refractivity contribution in [3.05, 3.63) is 64.4 Å². The number of nitrogens with two attached hydrogens (primary N) is 1. The third kappa shape index (κ3) is 5.14. The molecule has 0 unspecified atom stereocenters. The number of nitrogen functional groups attached to an aromatic ring is 1. The lowest BCUT2D eigenvalue weighted by atomic mass is 10.1. The fourth-order valence-corrected chi connectivity index (χ4v) is 4.45. The highest BCUT2D eigenvalue weighted by Crippen LogP contribution is 2.23. The number of aryl methyl sites for hydroxylation is 3. The van der Waals surface area contributed by atoms with Crippen LogP contribution in [0.4, 0.5) is 17.6 Å². The van der Waals surface area contributed by atoms with Gasteiger partial charge in [-0.05, 0) is 35.9 Å². The molecule has 0 fully saturated rings. The Balaban J connectivity index is 1.42. The summed E-state index contributed by atoms with van der Waals surface area (Å²) in [6.07, 6.45) is 3.62. The number of anilines is 3. The Labute approximate surface area is 183 Å². The summed E-state index contributed by atoms with van der Waals surface area (Å²) in [7, 11) is 0. The number of benzene rings is 1. The lowest BCUT2D eigenvalue weighted by Crippen LogP contribution is -2.08. The van der Waals surface area contributed by atoms with E-state index in [1.54, 1.807) is 17.7 Å². The highest BCUT2D eigenvalue weighted by Gasteiger charge is 2.11. The van der Waals surface area contributed by atoms with Gasteiger partial charge in [0, 0.05) is 17.1 Å². The van der Waals surface area contributed by atoms with Crippen molar-refractivity contribution in [1.29, 1.82) is 0 Å². The molecule has 10 heteroatoms. The summed E-state index contributed by atoms with van der Waals surface area (Å²) in [5, 5.41) is 14.5. The van der Waals surface area contributed by atoms with Crippen LogP contribution in [-0.4, -0.2) is 29.7 Å². The topological polar surface area (TPSA) is 107 Å². The minimum Gasteiger partial charge on any atom is -0.368 e. The van der Waals surface area contributed by atoms with Crippen LogP contribution in [-0.2, 0) is 25.1 Å². The van der Waals surface area contributed by atoms with E-state index in [4.69, 9.17) is 5.73 Å². The van der Waals surface area contributed by atoms with E-state index in [0.29, 0.717) is 17.5 Å². The van der Waals surface area contributed by atoms with E-state index in [1.807, 2.05) is 22.8 Å². The molecule has 4 rings (SSSR count). The summed E-state index contributed by atoms with van der Waals surface area (Å²) in [6, 6.07) is 12.3. The van der Waals surface area contributed by atoms with Gasteiger partial charge in [0.2, 0.25) is 11.9 Å². The van der Waals surface area contributed by atoms with Gasteiger partial charge >= 0.3 is 0 Å². The molecule has 3 heterocycles. The van der Waals surface area contributed by atoms with Crippen molar-refractivity contribution in [1.82, 2.24) is 29.7 Å². The first-order valence-corrected chi connectivity index (χ1v) is 11.5. The van der Waals surface area contributed by atoms with Gasteiger partial charge in [0.05, 0.1) is 5.75 Å². The SMILES string of the molecule is CCc1ccccc1Nc1nc(N)nc(CSc2nncn2CCc2cccs2)n1. The summed E-state index contributed by atoms with van der Waals surface area (Å²) < 4.78 is 2.05. The highest BCUT2D eigenvalue weighted by molar-refractivity contribution is 7.98. The number of aromatic nitrogens is 6. The van der Waals surface area contributed by atoms with Crippen LogP contribution in [0.15, 0.2) is 53.3 Å². The predicted octanol–water partition coefficient (Wildman–Crippen LogP) is 3.95. The molecule has 0 spiro atoms. The van der Waals surface area contributed by atoms with Crippen LogP contribution >= 0.6 is 23.1 Å². The van der Waals surface area contributed by atoms with E-state index in [9.17, 15) is 0 Å². The van der Waals surface area contributed by atoms with Crippen LogP contribution in [0.5, 0.6) is 0 Å². The van der Waals surface area contributed by atoms with Crippen LogP contribution in [0.2, 0.25) is 0 Å². The molecular weight excluding hydrogens is 416 g/mol. The van der Waals surface area contributed by atoms with Crippen molar-refractivity contribution in [2.75, 3.05) is 11.1 Å². The molecule has 0 saturated heterocycles. The molecule has 3 N–H and O–H groups in total. The number of nitrogens with zero attached hydrogens (tertiary/aromatic N) is 6. The van der Waals surface area contributed by atoms with Gasteiger partial charge in [0.1, 0.15) is 12.2 Å². The number of para-hydroxylation sites is 1. The standard InChI is InChI=1S/C20H22N8S2/c1-2-14-6-3-4-8-16(14)23-19-25-17(24-18(21)26-19)12-30-20-27-22-13-28(20)10-9-15-7-5-11-29-15/h3-8,11,13H,2,9-10,12H2,1H3,(H3,21,23,24,25,26). The number of hydrogen-bond acceptors (Lipinski definition) is 9. The molecule has 30 heavy (non-hydrogen) atoms. The Morgan fingerprint density at radius 2 is 2.03 bits per heavy atom. The van der Waals surface area contributed by atoms with Gasteiger partial charge in [-0.3, -0.25) is 0 Å². The Morgan fingerprint density at radius 3 is 2.87 bits per heavy atom. The second-order valence-corrected chi connectivity index (χ2v) is 8.47. The van der Waals surface area contributed by atoms with E-state index >= 15 is 0 Å². The van der Waals surface area contributed by atoms with Crippen LogP contribution in [0, 0.1) is 0 Å². The van der Waals surface area contributed by atoms with Gasteiger partial charge in [-0.25, -0.2) is 0 Å². The smallest absolute Gasteiger partial charge is 0.232 e. The summed E-state index contributed by atoms with van der Waals surface area (Å²) in [5.41, 5.74) is 8.08. The van der Waals surface area contributed by atoms with Gasteiger partial charge < -0.3 is 15.6 Å². The van der Waals surface area contributed by atoms with Gasteiger partial charge in [0.15, 0.2) is 5.16 Å². The normalized spacial score (nSPS) is 11.0. The third-order valence-electron chi connectivity index (χ3n) is 4.43. The molecule has 0 radical (unpaired) electrons. The Morgan fingerprint density at radius 1 is 1.13 bits per heavy atom. The van der Waals surface area contributed by atoms with Crippen LogP contribution < -0.4 is 11.1 Å². The summed E-state index contributed by atoms with van der Waals surface area (Å²) >= 11 is 3.29. The maximum atomic E-state index is 5.92. The zero-order chi connectivity index (χ0) is 20.8. The van der Waals surface area contributed by atoms with Crippen LogP contribution in [0.3, 0.4) is 0 Å². The van der Waals surface area contributed by atoms with E-state index in [-0.39, 0.29) is 5.95 Å². The third-order valence-corrected chi connectivity index (χ3v) is 6.35. The van der Waals surface area contributed by atoms with Crippen molar-refractivity contribution in [2.24, 2.45) is 0 Å². The van der Waals surface area contributed by atoms with Crippen molar-refractivity contribution in [2.45, 2.75) is 37.2 Å². The van der Waals surface area contributed by atoms with Crippen molar-refractivity contribution in [3.8, 4) is 0 Å². The molecule has 0 amide bonds. The average molecular weight is 439 g/mol. The second-order valence-electron chi connectivity index (χ2n) is 6.49. The zero-order valence-electron chi connectivity index (χ0n) is 16.5. The molecule has 0 saturated carbocycles. The van der Waals surface area contributed by atoms with Crippen LogP contribution in [0.1, 0.15) is 23.2 Å². The number of thioether (sulfide) groups is 1. The maximum Gasteiger partial charge on any atom is 0.232 e. The molecule has 0 aliphatic rings. The minimum absolute atomic E-state index is 0.191. The molecule has 3 aromatic heterocycles. The molecular formula is C20H22N8S2. The van der Waals surface area contributed by atoms with Gasteiger partial charge in [-0.1, -0.05) is 43.0 Å². The predicted molar refractivity (Wildman–Crippen MR) is 121 cm³/mol. The molecule has 0 aliphatic heterocycles. The van der Waals surface area contributed by atoms with E-state index < -0.39 is 0 Å². The zero-order valence-corrected chi connectivity index (χ0v) is 18.2. The van der Waals surface area contributed by atoms with Gasteiger partial charge in [0.25, 0.3) is 0 Å². The number of hydrogen-bond donors (Lipinski definition) is 2. The van der Waals surface area contributed by atoms with Crippen molar-refractivity contribution >= 4 is 40.7 Å². The molecule has 1 aromatic carbocycles. The minimum atomic E-state index is 0.191. The van der Waals surface area contributed by atoms with E-state index in [2.05, 4.69) is 61.0 Å². The lowest BCUT2D eigenvalue weighted by Gasteiger charge is -2.10. The van der Waals surface area contributed by atoms with Crippen LogP contribution in [0.25, 0.3) is 0 Å². The second kappa shape index (κ2) is 9.68. The highest BCUT2D eigenvalue weighted by atomic mass is 32.2. The molecule has 0 bridgehead atoms. The average Bonchev–Trinajstić information content (AvgIpc) is 3.42. The fourth-order valence-electron chi connectivity index (χ4n) is 2.95. The largest absolute Gasteiger partial charge is 0.368 e. The molecule has 0 aliphatic carbocycles. The monoisotopic (exact) mass is 438 g/mol. The van der Waals surface area contributed by atoms with Gasteiger partial charge in [-0.15, -0.1) is 21.5 Å².